The fourth-order valence-electron chi connectivity index (χ4n) is 3.47. The number of carbonyl (C=O) groups is 1. The van der Waals surface area contributed by atoms with Gasteiger partial charge in [-0.25, -0.2) is 5.01 Å². The second kappa shape index (κ2) is 7.40. The number of para-hydroxylation sites is 1. The lowest BCUT2D eigenvalue weighted by atomic mass is 10.0. The molecule has 3 aromatic rings. The van der Waals surface area contributed by atoms with Crippen molar-refractivity contribution in [2.75, 3.05) is 19.0 Å². The van der Waals surface area contributed by atoms with Crippen LogP contribution in [0.1, 0.15) is 11.1 Å². The zero-order valence-electron chi connectivity index (χ0n) is 15.7. The van der Waals surface area contributed by atoms with Crippen LogP contribution in [0.15, 0.2) is 71.8 Å². The maximum Gasteiger partial charge on any atom is 0.279 e. The summed E-state index contributed by atoms with van der Waals surface area (Å²) in [7, 11) is 3.46. The van der Waals surface area contributed by atoms with Gasteiger partial charge in [0.05, 0.1) is 12.2 Å². The van der Waals surface area contributed by atoms with E-state index >= 15 is 0 Å². The molecule has 0 aliphatic carbocycles. The average molecular weight is 388 g/mol. The van der Waals surface area contributed by atoms with Crippen molar-refractivity contribution in [1.82, 2.24) is 10.3 Å². The summed E-state index contributed by atoms with van der Waals surface area (Å²) < 4.78 is 0. The van der Waals surface area contributed by atoms with Gasteiger partial charge in [-0.15, -0.1) is 0 Å². The molecule has 3 aromatic carbocycles. The van der Waals surface area contributed by atoms with E-state index in [1.807, 2.05) is 42.5 Å². The summed E-state index contributed by atoms with van der Waals surface area (Å²) in [5.41, 5.74) is 3.18. The molecule has 0 unspecified atom stereocenters. The number of hydrazone groups is 1. The molecule has 0 spiro atoms. The Kier molecular flexibility index (Phi) is 4.79. The van der Waals surface area contributed by atoms with E-state index in [2.05, 4.69) is 34.7 Å². The molecule has 1 amide bonds. The minimum Gasteiger partial charge on any atom is -0.364 e. The second-order valence-corrected chi connectivity index (χ2v) is 6.96. The first-order chi connectivity index (χ1) is 13.6. The first kappa shape index (κ1) is 18.1. The molecule has 140 valence electrons. The Morgan fingerprint density at radius 1 is 1.07 bits per heavy atom. The van der Waals surface area contributed by atoms with Gasteiger partial charge >= 0.3 is 0 Å². The van der Waals surface area contributed by atoms with E-state index in [4.69, 9.17) is 12.2 Å². The van der Waals surface area contributed by atoms with Gasteiger partial charge in [0.2, 0.25) is 0 Å². The van der Waals surface area contributed by atoms with Crippen molar-refractivity contribution < 1.29 is 4.79 Å². The molecule has 0 radical (unpaired) electrons. The number of carbonyl (C=O) groups excluding carboxylic acids is 1. The summed E-state index contributed by atoms with van der Waals surface area (Å²) in [4.78, 5) is 15.0. The van der Waals surface area contributed by atoms with Gasteiger partial charge in [-0.1, -0.05) is 60.7 Å². The minimum absolute atomic E-state index is 0.125. The molecule has 0 atom stereocenters. The van der Waals surface area contributed by atoms with Gasteiger partial charge < -0.3 is 10.2 Å². The van der Waals surface area contributed by atoms with E-state index < -0.39 is 0 Å². The number of fused-ring (bicyclic) bond motifs is 2. The second-order valence-electron chi connectivity index (χ2n) is 6.57. The first-order valence-corrected chi connectivity index (χ1v) is 9.43. The standard InChI is InChI=1S/C22H20N4OS/c1-23-22(28)25(2)24-20-18-12-5-6-13-19(18)26(21(20)27)14-16-10-7-9-15-8-3-4-11-17(15)16/h3-13H,14H2,1-2H3,(H,23,28)/b24-20+. The maximum absolute atomic E-state index is 13.3. The minimum atomic E-state index is -0.125. The van der Waals surface area contributed by atoms with Crippen LogP contribution in [0.5, 0.6) is 0 Å². The molecule has 1 heterocycles. The van der Waals surface area contributed by atoms with Gasteiger partial charge in [-0.3, -0.25) is 4.79 Å². The Labute approximate surface area is 169 Å². The lowest BCUT2D eigenvalue weighted by molar-refractivity contribution is -0.112. The van der Waals surface area contributed by atoms with Gasteiger partial charge in [0.15, 0.2) is 10.8 Å². The normalized spacial score (nSPS) is 14.4. The molecule has 4 rings (SSSR count). The Morgan fingerprint density at radius 3 is 2.61 bits per heavy atom. The molecule has 1 N–H and O–H groups in total. The summed E-state index contributed by atoms with van der Waals surface area (Å²) in [5, 5.41) is 11.6. The SMILES string of the molecule is CNC(=S)N(C)/N=C1/C(=O)N(Cc2cccc3ccccc23)c2ccccc21. The smallest absolute Gasteiger partial charge is 0.279 e. The van der Waals surface area contributed by atoms with E-state index in [-0.39, 0.29) is 5.91 Å². The van der Waals surface area contributed by atoms with E-state index in [1.165, 1.54) is 5.01 Å². The van der Waals surface area contributed by atoms with E-state index in [0.717, 1.165) is 27.6 Å². The van der Waals surface area contributed by atoms with Crippen molar-refractivity contribution in [3.8, 4) is 0 Å². The van der Waals surface area contributed by atoms with Gasteiger partial charge in [-0.05, 0) is 34.6 Å². The van der Waals surface area contributed by atoms with E-state index in [0.29, 0.717) is 17.4 Å². The van der Waals surface area contributed by atoms with Crippen molar-refractivity contribution in [2.24, 2.45) is 5.10 Å². The number of hydrogen-bond acceptors (Lipinski definition) is 3. The number of hydrogen-bond donors (Lipinski definition) is 1. The molecular weight excluding hydrogens is 368 g/mol. The van der Waals surface area contributed by atoms with Crippen LogP contribution in [0.2, 0.25) is 0 Å². The van der Waals surface area contributed by atoms with Crippen LogP contribution in [0.4, 0.5) is 5.69 Å². The van der Waals surface area contributed by atoms with Gasteiger partial charge in [0.1, 0.15) is 0 Å². The van der Waals surface area contributed by atoms with Crippen LogP contribution >= 0.6 is 12.2 Å². The zero-order chi connectivity index (χ0) is 19.7. The van der Waals surface area contributed by atoms with Crippen LogP contribution in [0.25, 0.3) is 10.8 Å². The third-order valence-electron chi connectivity index (χ3n) is 4.86. The van der Waals surface area contributed by atoms with Gasteiger partial charge in [0, 0.05) is 19.7 Å². The van der Waals surface area contributed by atoms with Crippen LogP contribution in [0.3, 0.4) is 0 Å². The third-order valence-corrected chi connectivity index (χ3v) is 5.33. The quantitative estimate of drug-likeness (QED) is 0.551. The number of thiocarbonyl (C=S) groups is 1. The number of amides is 1. The monoisotopic (exact) mass is 388 g/mol. The molecule has 0 saturated carbocycles. The molecule has 28 heavy (non-hydrogen) atoms. The molecule has 0 fully saturated rings. The van der Waals surface area contributed by atoms with Crippen molar-refractivity contribution in [2.45, 2.75) is 6.54 Å². The fourth-order valence-corrected chi connectivity index (χ4v) is 3.51. The first-order valence-electron chi connectivity index (χ1n) is 9.02. The largest absolute Gasteiger partial charge is 0.364 e. The molecule has 1 aliphatic heterocycles. The molecule has 6 heteroatoms. The van der Waals surface area contributed by atoms with Crippen molar-refractivity contribution in [3.63, 3.8) is 0 Å². The third kappa shape index (κ3) is 3.12. The number of nitrogens with one attached hydrogen (secondary N) is 1. The summed E-state index contributed by atoms with van der Waals surface area (Å²) in [6.07, 6.45) is 0. The van der Waals surface area contributed by atoms with Gasteiger partial charge in [0.25, 0.3) is 5.91 Å². The highest BCUT2D eigenvalue weighted by Crippen LogP contribution is 2.32. The number of nitrogens with zero attached hydrogens (tertiary/aromatic N) is 3. The molecule has 0 bridgehead atoms. The van der Waals surface area contributed by atoms with Gasteiger partial charge in [-0.2, -0.15) is 5.10 Å². The molecule has 5 nitrogen and oxygen atoms in total. The van der Waals surface area contributed by atoms with Crippen molar-refractivity contribution >= 4 is 45.4 Å². The Balaban J connectivity index is 1.75. The Hall–Kier alpha value is -3.25. The van der Waals surface area contributed by atoms with Crippen LogP contribution in [-0.2, 0) is 11.3 Å². The molecule has 1 aliphatic rings. The average Bonchev–Trinajstić information content (AvgIpc) is 2.99. The van der Waals surface area contributed by atoms with Crippen LogP contribution in [0, 0.1) is 0 Å². The van der Waals surface area contributed by atoms with Crippen molar-refractivity contribution in [3.05, 3.63) is 77.9 Å². The van der Waals surface area contributed by atoms with Crippen LogP contribution in [-0.4, -0.2) is 35.8 Å². The Morgan fingerprint density at radius 2 is 1.79 bits per heavy atom. The lowest BCUT2D eigenvalue weighted by Gasteiger charge is -2.18. The summed E-state index contributed by atoms with van der Waals surface area (Å²) >= 11 is 5.22. The zero-order valence-corrected chi connectivity index (χ0v) is 16.5. The highest BCUT2D eigenvalue weighted by atomic mass is 32.1. The summed E-state index contributed by atoms with van der Waals surface area (Å²) in [6.45, 7) is 0.483. The summed E-state index contributed by atoms with van der Waals surface area (Å²) in [6, 6.07) is 22.1. The fraction of sp³-hybridized carbons (Fsp3) is 0.136. The van der Waals surface area contributed by atoms with Crippen molar-refractivity contribution in [1.29, 1.82) is 0 Å². The Bertz CT molecular complexity index is 1100. The molecular formula is C22H20N4OS. The molecule has 0 aromatic heterocycles. The highest BCUT2D eigenvalue weighted by molar-refractivity contribution is 7.80. The lowest BCUT2D eigenvalue weighted by Crippen LogP contribution is -2.34. The predicted octanol–water partition coefficient (Wildman–Crippen LogP) is 3.53. The number of rotatable bonds is 3. The van der Waals surface area contributed by atoms with E-state index in [9.17, 15) is 4.79 Å². The number of benzene rings is 3. The molecule has 0 saturated heterocycles. The van der Waals surface area contributed by atoms with Crippen LogP contribution < -0.4 is 10.2 Å². The van der Waals surface area contributed by atoms with E-state index in [1.54, 1.807) is 19.0 Å². The highest BCUT2D eigenvalue weighted by Gasteiger charge is 2.34. The topological polar surface area (TPSA) is 47.9 Å². The maximum atomic E-state index is 13.3. The number of anilines is 1. The predicted molar refractivity (Wildman–Crippen MR) is 118 cm³/mol. The summed E-state index contributed by atoms with van der Waals surface area (Å²) in [5.74, 6) is -0.125.